The molecular formula is C32H43B. The highest BCUT2D eigenvalue weighted by Crippen LogP contribution is 2.43. The normalized spacial score (nSPS) is 11.8. The van der Waals surface area contributed by atoms with Crippen molar-refractivity contribution in [1.29, 1.82) is 0 Å². The monoisotopic (exact) mass is 438 g/mol. The van der Waals surface area contributed by atoms with Gasteiger partial charge in [-0.2, -0.15) is 0 Å². The highest BCUT2D eigenvalue weighted by atomic mass is 14.3. The third kappa shape index (κ3) is 4.98. The van der Waals surface area contributed by atoms with Crippen molar-refractivity contribution in [3.8, 4) is 22.3 Å². The smallest absolute Gasteiger partial charge is 0.0807 e. The van der Waals surface area contributed by atoms with Crippen LogP contribution in [0.15, 0.2) is 42.5 Å². The Bertz CT molecular complexity index is 1100. The Hall–Kier alpha value is -2.28. The highest BCUT2D eigenvalue weighted by molar-refractivity contribution is 6.36. The molecule has 174 valence electrons. The molecule has 1 heteroatoms. The van der Waals surface area contributed by atoms with Crippen molar-refractivity contribution >= 4 is 13.3 Å². The van der Waals surface area contributed by atoms with Gasteiger partial charge in [-0.05, 0) is 93.2 Å². The summed E-state index contributed by atoms with van der Waals surface area (Å²) < 4.78 is 0. The van der Waals surface area contributed by atoms with Gasteiger partial charge < -0.3 is 0 Å². The maximum Gasteiger partial charge on any atom is 0.140 e. The van der Waals surface area contributed by atoms with Crippen molar-refractivity contribution in [2.75, 3.05) is 0 Å². The molecule has 3 aromatic rings. The Kier molecular flexibility index (Phi) is 7.94. The molecule has 0 radical (unpaired) electrons. The number of aryl methyl sites for hydroxylation is 5. The maximum absolute atomic E-state index is 2.45. The second-order valence-electron chi connectivity index (χ2n) is 10.5. The fourth-order valence-electron chi connectivity index (χ4n) is 5.53. The molecule has 0 aromatic heterocycles. The zero-order valence-corrected chi connectivity index (χ0v) is 22.6. The van der Waals surface area contributed by atoms with E-state index in [9.17, 15) is 0 Å². The molecule has 0 heterocycles. The van der Waals surface area contributed by atoms with Crippen molar-refractivity contribution in [3.63, 3.8) is 0 Å². The van der Waals surface area contributed by atoms with Crippen LogP contribution in [0.25, 0.3) is 22.3 Å². The fourth-order valence-corrected chi connectivity index (χ4v) is 5.53. The minimum atomic E-state index is 0.0340. The first kappa shape index (κ1) is 25.3. The van der Waals surface area contributed by atoms with E-state index in [4.69, 9.17) is 0 Å². The molecule has 0 spiro atoms. The summed E-state index contributed by atoms with van der Waals surface area (Å²) in [7, 11) is 2.30. The van der Waals surface area contributed by atoms with Gasteiger partial charge in [0.15, 0.2) is 0 Å². The SMILES string of the molecule is Bc1cc(CC)cc(CC)c1-c1cccc(-c2c(CC)cc(CC)cc2CC)c1C(C)(C)C. The summed E-state index contributed by atoms with van der Waals surface area (Å²) in [5, 5.41) is 0. The van der Waals surface area contributed by atoms with Crippen LogP contribution < -0.4 is 5.46 Å². The predicted molar refractivity (Wildman–Crippen MR) is 151 cm³/mol. The van der Waals surface area contributed by atoms with Crippen LogP contribution in [0.4, 0.5) is 0 Å². The number of rotatable bonds is 7. The van der Waals surface area contributed by atoms with Crippen LogP contribution in [0.5, 0.6) is 0 Å². The average molecular weight is 439 g/mol. The third-order valence-electron chi connectivity index (χ3n) is 7.15. The van der Waals surface area contributed by atoms with Gasteiger partial charge >= 0.3 is 0 Å². The lowest BCUT2D eigenvalue weighted by molar-refractivity contribution is 0.593. The van der Waals surface area contributed by atoms with E-state index in [0.29, 0.717) is 0 Å². The van der Waals surface area contributed by atoms with Crippen molar-refractivity contribution in [2.45, 2.75) is 92.9 Å². The summed E-state index contributed by atoms with van der Waals surface area (Å²) in [6.07, 6.45) is 5.37. The molecule has 0 aliphatic carbocycles. The Balaban J connectivity index is 2.45. The summed E-state index contributed by atoms with van der Waals surface area (Å²) in [4.78, 5) is 0. The van der Waals surface area contributed by atoms with E-state index in [-0.39, 0.29) is 5.41 Å². The summed E-state index contributed by atoms with van der Waals surface area (Å²) in [5.41, 5.74) is 16.0. The van der Waals surface area contributed by atoms with Crippen molar-refractivity contribution < 1.29 is 0 Å². The molecule has 0 atom stereocenters. The van der Waals surface area contributed by atoms with Crippen LogP contribution in [0.2, 0.25) is 0 Å². The number of benzene rings is 3. The van der Waals surface area contributed by atoms with Gasteiger partial charge in [0.1, 0.15) is 7.85 Å². The fraction of sp³-hybridized carbons (Fsp3) is 0.438. The van der Waals surface area contributed by atoms with Crippen molar-refractivity contribution in [3.05, 3.63) is 75.8 Å². The van der Waals surface area contributed by atoms with Gasteiger partial charge in [0.25, 0.3) is 0 Å². The summed E-state index contributed by atoms with van der Waals surface area (Å²) in [5.74, 6) is 0. The number of hydrogen-bond donors (Lipinski definition) is 0. The van der Waals surface area contributed by atoms with Crippen LogP contribution in [-0.2, 0) is 37.5 Å². The Morgan fingerprint density at radius 2 is 1.03 bits per heavy atom. The van der Waals surface area contributed by atoms with Gasteiger partial charge in [-0.15, -0.1) is 0 Å². The van der Waals surface area contributed by atoms with Crippen LogP contribution in [0.3, 0.4) is 0 Å². The Morgan fingerprint density at radius 3 is 1.45 bits per heavy atom. The second-order valence-corrected chi connectivity index (χ2v) is 10.5. The van der Waals surface area contributed by atoms with Gasteiger partial charge in [0.05, 0.1) is 0 Å². The minimum Gasteiger partial charge on any atom is -0.0807 e. The first-order chi connectivity index (χ1) is 15.7. The van der Waals surface area contributed by atoms with Crippen molar-refractivity contribution in [1.82, 2.24) is 0 Å². The molecular weight excluding hydrogens is 395 g/mol. The third-order valence-corrected chi connectivity index (χ3v) is 7.15. The van der Waals surface area contributed by atoms with Crippen molar-refractivity contribution in [2.24, 2.45) is 0 Å². The second kappa shape index (κ2) is 10.3. The molecule has 0 N–H and O–H groups in total. The first-order valence-electron chi connectivity index (χ1n) is 13.1. The molecule has 0 fully saturated rings. The lowest BCUT2D eigenvalue weighted by Gasteiger charge is -2.30. The van der Waals surface area contributed by atoms with Crippen LogP contribution in [0, 0.1) is 0 Å². The molecule has 33 heavy (non-hydrogen) atoms. The Labute approximate surface area is 204 Å². The van der Waals surface area contributed by atoms with E-state index in [1.807, 2.05) is 0 Å². The molecule has 0 saturated heterocycles. The molecule has 0 unspecified atom stereocenters. The van der Waals surface area contributed by atoms with E-state index in [0.717, 1.165) is 32.1 Å². The molecule has 3 rings (SSSR count). The predicted octanol–water partition coefficient (Wildman–Crippen LogP) is 7.39. The standard InChI is InChI=1S/C32H43B/c1-9-21-17-23(11-3)29(24(12-4)18-21)26-15-14-16-27(31(26)32(6,7)8)30-25(13-5)19-22(10-2)20-28(30)33/h14-20H,9-13,33H2,1-8H3. The quantitative estimate of drug-likeness (QED) is 0.338. The summed E-state index contributed by atoms with van der Waals surface area (Å²) in [6.45, 7) is 18.6. The molecule has 3 aromatic carbocycles. The van der Waals surface area contributed by atoms with Crippen LogP contribution in [-0.4, -0.2) is 7.85 Å². The molecule has 0 amide bonds. The highest BCUT2D eigenvalue weighted by Gasteiger charge is 2.26. The van der Waals surface area contributed by atoms with Gasteiger partial charge in [-0.25, -0.2) is 0 Å². The van der Waals surface area contributed by atoms with E-state index in [1.165, 1.54) is 61.1 Å². The van der Waals surface area contributed by atoms with Crippen LogP contribution in [0.1, 0.15) is 88.8 Å². The van der Waals surface area contributed by atoms with E-state index in [1.54, 1.807) is 0 Å². The van der Waals surface area contributed by atoms with E-state index >= 15 is 0 Å². The zero-order valence-electron chi connectivity index (χ0n) is 22.6. The molecule has 0 aliphatic heterocycles. The average Bonchev–Trinajstić information content (AvgIpc) is 2.81. The zero-order chi connectivity index (χ0) is 24.3. The van der Waals surface area contributed by atoms with Gasteiger partial charge in [-0.3, -0.25) is 0 Å². The maximum atomic E-state index is 2.45. The molecule has 0 bridgehead atoms. The van der Waals surface area contributed by atoms with Gasteiger partial charge in [-0.1, -0.05) is 103 Å². The summed E-state index contributed by atoms with van der Waals surface area (Å²) in [6, 6.07) is 16.8. The van der Waals surface area contributed by atoms with Crippen LogP contribution >= 0.6 is 0 Å². The Morgan fingerprint density at radius 1 is 0.606 bits per heavy atom. The van der Waals surface area contributed by atoms with E-state index < -0.39 is 0 Å². The first-order valence-corrected chi connectivity index (χ1v) is 13.1. The largest absolute Gasteiger partial charge is 0.140 e. The minimum absolute atomic E-state index is 0.0340. The molecule has 0 nitrogen and oxygen atoms in total. The lowest BCUT2D eigenvalue weighted by atomic mass is 9.72. The lowest BCUT2D eigenvalue weighted by Crippen LogP contribution is -2.19. The van der Waals surface area contributed by atoms with E-state index in [2.05, 4.69) is 106 Å². The topological polar surface area (TPSA) is 0 Å². The van der Waals surface area contributed by atoms with Gasteiger partial charge in [0, 0.05) is 0 Å². The molecule has 0 aliphatic rings. The number of hydrogen-bond acceptors (Lipinski definition) is 0. The van der Waals surface area contributed by atoms with Gasteiger partial charge in [0.2, 0.25) is 0 Å². The molecule has 0 saturated carbocycles. The summed E-state index contributed by atoms with van der Waals surface area (Å²) >= 11 is 0.